The Kier molecular flexibility index (Phi) is 5.31. The zero-order valence-corrected chi connectivity index (χ0v) is 16.9. The van der Waals surface area contributed by atoms with Gasteiger partial charge in [0.25, 0.3) is 15.9 Å². The van der Waals surface area contributed by atoms with Crippen molar-refractivity contribution in [1.29, 1.82) is 0 Å². The second kappa shape index (κ2) is 7.37. The van der Waals surface area contributed by atoms with Crippen molar-refractivity contribution < 1.29 is 13.2 Å². The molecule has 142 valence electrons. The summed E-state index contributed by atoms with van der Waals surface area (Å²) in [4.78, 5) is 12.7. The number of sulfonamides is 1. The molecule has 2 aromatic rings. The molecule has 1 unspecified atom stereocenters. The Balaban J connectivity index is 2.37. The standard InChI is InChI=1S/C20H21ClN2O3S/c1-4-13(2)22-20(24)19-18(14-8-6-5-7-9-14)16-12-15(21)10-11-17(16)23(3)27(19,25)26/h5-13H,4H2,1-3H3,(H,22,24). The summed E-state index contributed by atoms with van der Waals surface area (Å²) in [5.74, 6) is -0.610. The first-order valence-electron chi connectivity index (χ1n) is 8.66. The molecule has 0 saturated heterocycles. The van der Waals surface area contributed by atoms with Gasteiger partial charge >= 0.3 is 0 Å². The van der Waals surface area contributed by atoms with Crippen molar-refractivity contribution in [3.05, 3.63) is 69.6 Å². The topological polar surface area (TPSA) is 66.5 Å². The van der Waals surface area contributed by atoms with Crippen molar-refractivity contribution in [2.75, 3.05) is 11.4 Å². The normalized spacial score (nSPS) is 16.7. The molecule has 0 radical (unpaired) electrons. The molecule has 1 aliphatic heterocycles. The molecule has 2 aromatic carbocycles. The van der Waals surface area contributed by atoms with Crippen LogP contribution in [0.5, 0.6) is 0 Å². The largest absolute Gasteiger partial charge is 0.349 e. The highest BCUT2D eigenvalue weighted by molar-refractivity contribution is 7.97. The lowest BCUT2D eigenvalue weighted by Crippen LogP contribution is -2.41. The molecular weight excluding hydrogens is 384 g/mol. The fraction of sp³-hybridized carbons (Fsp3) is 0.250. The summed E-state index contributed by atoms with van der Waals surface area (Å²) >= 11 is 6.19. The van der Waals surface area contributed by atoms with Crippen LogP contribution in [0.1, 0.15) is 31.4 Å². The van der Waals surface area contributed by atoms with E-state index >= 15 is 0 Å². The van der Waals surface area contributed by atoms with E-state index in [1.165, 1.54) is 7.05 Å². The Labute approximate surface area is 164 Å². The molecule has 0 saturated carbocycles. The van der Waals surface area contributed by atoms with E-state index < -0.39 is 15.9 Å². The minimum atomic E-state index is -4.02. The van der Waals surface area contributed by atoms with Gasteiger partial charge in [0.1, 0.15) is 0 Å². The predicted octanol–water partition coefficient (Wildman–Crippen LogP) is 3.79. The smallest absolute Gasteiger partial charge is 0.270 e. The van der Waals surface area contributed by atoms with Gasteiger partial charge in [0.05, 0.1) is 5.69 Å². The number of benzene rings is 2. The average molecular weight is 405 g/mol. The van der Waals surface area contributed by atoms with Crippen molar-refractivity contribution in [2.45, 2.75) is 26.3 Å². The maximum atomic E-state index is 13.2. The molecule has 3 rings (SSSR count). The first kappa shape index (κ1) is 19.5. The van der Waals surface area contributed by atoms with E-state index in [2.05, 4.69) is 5.32 Å². The number of hydrogen-bond donors (Lipinski definition) is 1. The highest BCUT2D eigenvalue weighted by Crippen LogP contribution is 2.43. The van der Waals surface area contributed by atoms with Crippen LogP contribution in [0, 0.1) is 0 Å². The van der Waals surface area contributed by atoms with Crippen LogP contribution in [-0.2, 0) is 14.8 Å². The summed E-state index contributed by atoms with van der Waals surface area (Å²) in [6.45, 7) is 3.76. The number of halogens is 1. The van der Waals surface area contributed by atoms with Gasteiger partial charge in [0.15, 0.2) is 4.91 Å². The molecule has 0 aliphatic carbocycles. The third-order valence-electron chi connectivity index (χ3n) is 4.67. The van der Waals surface area contributed by atoms with Gasteiger partial charge in [-0.3, -0.25) is 9.10 Å². The second-order valence-electron chi connectivity index (χ2n) is 6.49. The predicted molar refractivity (Wildman–Crippen MR) is 109 cm³/mol. The fourth-order valence-electron chi connectivity index (χ4n) is 3.01. The number of carbonyl (C=O) groups is 1. The van der Waals surface area contributed by atoms with Gasteiger partial charge in [0, 0.05) is 29.2 Å². The van der Waals surface area contributed by atoms with Gasteiger partial charge in [-0.2, -0.15) is 0 Å². The van der Waals surface area contributed by atoms with Crippen molar-refractivity contribution in [3.63, 3.8) is 0 Å². The molecule has 7 heteroatoms. The lowest BCUT2D eigenvalue weighted by molar-refractivity contribution is -0.117. The van der Waals surface area contributed by atoms with Crippen LogP contribution in [-0.4, -0.2) is 27.4 Å². The van der Waals surface area contributed by atoms with E-state index in [1.807, 2.05) is 32.0 Å². The molecule has 1 amide bonds. The zero-order valence-electron chi connectivity index (χ0n) is 15.4. The van der Waals surface area contributed by atoms with Crippen LogP contribution in [0.2, 0.25) is 5.02 Å². The van der Waals surface area contributed by atoms with Gasteiger partial charge in [-0.15, -0.1) is 0 Å². The van der Waals surface area contributed by atoms with Crippen molar-refractivity contribution >= 4 is 38.8 Å². The summed E-state index contributed by atoms with van der Waals surface area (Å²) in [6, 6.07) is 13.9. The highest BCUT2D eigenvalue weighted by atomic mass is 35.5. The lowest BCUT2D eigenvalue weighted by atomic mass is 9.95. The quantitative estimate of drug-likeness (QED) is 0.842. The van der Waals surface area contributed by atoms with Gasteiger partial charge in [0.2, 0.25) is 0 Å². The molecule has 0 spiro atoms. The molecule has 1 atom stereocenters. The second-order valence-corrected chi connectivity index (χ2v) is 8.83. The number of nitrogens with zero attached hydrogens (tertiary/aromatic N) is 1. The number of nitrogens with one attached hydrogen (secondary N) is 1. The molecule has 1 aliphatic rings. The number of anilines is 1. The van der Waals surface area contributed by atoms with E-state index in [0.29, 0.717) is 33.8 Å². The van der Waals surface area contributed by atoms with E-state index in [1.54, 1.807) is 30.3 Å². The molecule has 1 N–H and O–H groups in total. The van der Waals surface area contributed by atoms with Gasteiger partial charge in [-0.1, -0.05) is 48.9 Å². The molecule has 0 aromatic heterocycles. The average Bonchev–Trinajstić information content (AvgIpc) is 2.64. The number of rotatable bonds is 4. The number of fused-ring (bicyclic) bond motifs is 1. The number of hydrogen-bond acceptors (Lipinski definition) is 3. The zero-order chi connectivity index (χ0) is 19.8. The van der Waals surface area contributed by atoms with Gasteiger partial charge in [-0.05, 0) is 37.1 Å². The molecule has 0 bridgehead atoms. The first-order chi connectivity index (χ1) is 12.8. The van der Waals surface area contributed by atoms with Crippen LogP contribution in [0.3, 0.4) is 0 Å². The molecule has 1 heterocycles. The Morgan fingerprint density at radius 3 is 2.48 bits per heavy atom. The van der Waals surface area contributed by atoms with Gasteiger partial charge in [-0.25, -0.2) is 8.42 Å². The van der Waals surface area contributed by atoms with Crippen molar-refractivity contribution in [1.82, 2.24) is 5.32 Å². The minimum absolute atomic E-state index is 0.150. The van der Waals surface area contributed by atoms with E-state index in [-0.39, 0.29) is 10.9 Å². The van der Waals surface area contributed by atoms with Crippen LogP contribution < -0.4 is 9.62 Å². The number of amides is 1. The maximum absolute atomic E-state index is 13.2. The fourth-order valence-corrected chi connectivity index (χ4v) is 4.66. The van der Waals surface area contributed by atoms with Crippen molar-refractivity contribution in [2.24, 2.45) is 0 Å². The Bertz CT molecular complexity index is 1020. The van der Waals surface area contributed by atoms with E-state index in [0.717, 1.165) is 4.31 Å². The summed E-state index contributed by atoms with van der Waals surface area (Å²) in [7, 11) is -2.58. The summed E-state index contributed by atoms with van der Waals surface area (Å²) < 4.78 is 27.6. The Hall–Kier alpha value is -2.31. The molecule has 0 fully saturated rings. The van der Waals surface area contributed by atoms with E-state index in [9.17, 15) is 13.2 Å². The maximum Gasteiger partial charge on any atom is 0.270 e. The number of carbonyl (C=O) groups excluding carboxylic acids is 1. The first-order valence-corrected chi connectivity index (χ1v) is 10.5. The minimum Gasteiger partial charge on any atom is -0.349 e. The Morgan fingerprint density at radius 1 is 1.19 bits per heavy atom. The molecule has 5 nitrogen and oxygen atoms in total. The summed E-state index contributed by atoms with van der Waals surface area (Å²) in [5.41, 5.74) is 2.11. The lowest BCUT2D eigenvalue weighted by Gasteiger charge is -2.31. The van der Waals surface area contributed by atoms with Crippen LogP contribution in [0.25, 0.3) is 5.57 Å². The monoisotopic (exact) mass is 404 g/mol. The Morgan fingerprint density at radius 2 is 1.85 bits per heavy atom. The van der Waals surface area contributed by atoms with Gasteiger partial charge < -0.3 is 5.32 Å². The van der Waals surface area contributed by atoms with E-state index in [4.69, 9.17) is 11.6 Å². The van der Waals surface area contributed by atoms with Crippen LogP contribution in [0.15, 0.2) is 53.4 Å². The highest BCUT2D eigenvalue weighted by Gasteiger charge is 2.39. The molecular formula is C20H21ClN2O3S. The van der Waals surface area contributed by atoms with Crippen LogP contribution in [0.4, 0.5) is 5.69 Å². The third kappa shape index (κ3) is 3.47. The van der Waals surface area contributed by atoms with Crippen molar-refractivity contribution in [3.8, 4) is 0 Å². The van der Waals surface area contributed by atoms with Crippen LogP contribution >= 0.6 is 11.6 Å². The molecule has 27 heavy (non-hydrogen) atoms. The summed E-state index contributed by atoms with van der Waals surface area (Å²) in [5, 5.41) is 3.25. The SMILES string of the molecule is CCC(C)NC(=O)C1=C(c2ccccc2)c2cc(Cl)ccc2N(C)S1(=O)=O. The summed E-state index contributed by atoms with van der Waals surface area (Å²) in [6.07, 6.45) is 0.692. The third-order valence-corrected chi connectivity index (χ3v) is 6.73.